The maximum absolute atomic E-state index is 12.4. The molecule has 0 aromatic heterocycles. The largest absolute Gasteiger partial charge is 0.355 e. The number of benzene rings is 1. The van der Waals surface area contributed by atoms with Crippen LogP contribution >= 0.6 is 12.6 Å². The Hall–Kier alpha value is -1.22. The first kappa shape index (κ1) is 12.8. The summed E-state index contributed by atoms with van der Waals surface area (Å²) in [6, 6.07) is 10.5. The number of allylic oxidation sites excluding steroid dienone is 2. The molecule has 1 aromatic carbocycles. The van der Waals surface area contributed by atoms with Crippen molar-refractivity contribution in [2.45, 2.75) is 12.3 Å². The predicted molar refractivity (Wildman–Crippen MR) is 80.3 cm³/mol. The summed E-state index contributed by atoms with van der Waals surface area (Å²) in [6.45, 7) is 0.654. The van der Waals surface area contributed by atoms with E-state index in [0.29, 0.717) is 30.1 Å². The lowest BCUT2D eigenvalue weighted by molar-refractivity contribution is -0.126. The van der Waals surface area contributed by atoms with Gasteiger partial charge in [-0.25, -0.2) is 0 Å². The van der Waals surface area contributed by atoms with Crippen molar-refractivity contribution in [3.8, 4) is 0 Å². The number of amides is 1. The third kappa shape index (κ3) is 2.32. The van der Waals surface area contributed by atoms with E-state index in [9.17, 15) is 4.79 Å². The van der Waals surface area contributed by atoms with Crippen molar-refractivity contribution in [2.24, 2.45) is 17.8 Å². The Morgan fingerprint density at radius 2 is 1.95 bits per heavy atom. The van der Waals surface area contributed by atoms with Gasteiger partial charge in [0.15, 0.2) is 0 Å². The molecule has 3 heteroatoms. The van der Waals surface area contributed by atoms with Gasteiger partial charge in [0, 0.05) is 18.2 Å². The highest BCUT2D eigenvalue weighted by molar-refractivity contribution is 7.80. The van der Waals surface area contributed by atoms with E-state index >= 15 is 0 Å². The molecule has 1 saturated carbocycles. The van der Waals surface area contributed by atoms with E-state index in [1.807, 2.05) is 6.07 Å². The number of fused-ring (bicyclic) bond motifs is 2. The minimum Gasteiger partial charge on any atom is -0.355 e. The molecule has 1 aromatic rings. The Balaban J connectivity index is 1.85. The third-order valence-corrected chi connectivity index (χ3v) is 4.58. The van der Waals surface area contributed by atoms with Crippen LogP contribution in [0.25, 0.3) is 0 Å². The molecule has 1 amide bonds. The summed E-state index contributed by atoms with van der Waals surface area (Å²) in [6.07, 6.45) is 5.65. The van der Waals surface area contributed by atoms with Gasteiger partial charge in [0.1, 0.15) is 0 Å². The first-order chi connectivity index (χ1) is 9.31. The third-order valence-electron chi connectivity index (χ3n) is 4.36. The molecule has 3 rings (SSSR count). The topological polar surface area (TPSA) is 29.1 Å². The average Bonchev–Trinajstić information content (AvgIpc) is 3.06. The van der Waals surface area contributed by atoms with Crippen LogP contribution in [0.5, 0.6) is 0 Å². The van der Waals surface area contributed by atoms with Gasteiger partial charge < -0.3 is 5.32 Å². The Labute approximate surface area is 119 Å². The maximum atomic E-state index is 12.4. The number of carbonyl (C=O) groups is 1. The van der Waals surface area contributed by atoms with Crippen LogP contribution in [-0.2, 0) is 4.79 Å². The number of carbonyl (C=O) groups excluding carboxylic acids is 1. The summed E-state index contributed by atoms with van der Waals surface area (Å²) >= 11 is 4.16. The van der Waals surface area contributed by atoms with Crippen LogP contribution in [0.4, 0.5) is 0 Å². The lowest BCUT2D eigenvalue weighted by Crippen LogP contribution is -2.37. The van der Waals surface area contributed by atoms with Crippen LogP contribution in [0, 0.1) is 17.8 Å². The minimum absolute atomic E-state index is 0.0947. The molecule has 0 aliphatic heterocycles. The number of hydrogen-bond acceptors (Lipinski definition) is 2. The highest BCUT2D eigenvalue weighted by atomic mass is 32.1. The SMILES string of the molecule is O=C(NCCS)C1C2C=CC(C2)C1c1ccccc1. The standard InChI is InChI=1S/C16H19NOS/c18-16(17-8-9-19)15-13-7-6-12(10-13)14(15)11-4-2-1-3-5-11/h1-7,12-15,19H,8-10H2,(H,17,18). The molecular formula is C16H19NOS. The van der Waals surface area contributed by atoms with Gasteiger partial charge in [0.2, 0.25) is 5.91 Å². The number of hydrogen-bond donors (Lipinski definition) is 2. The summed E-state index contributed by atoms with van der Waals surface area (Å²) in [5.74, 6) is 2.26. The highest BCUT2D eigenvalue weighted by Crippen LogP contribution is 2.52. The molecule has 0 spiro atoms. The molecule has 19 heavy (non-hydrogen) atoms. The lowest BCUT2D eigenvalue weighted by atomic mass is 9.78. The Kier molecular flexibility index (Phi) is 3.65. The van der Waals surface area contributed by atoms with Gasteiger partial charge in [0.05, 0.1) is 5.92 Å². The van der Waals surface area contributed by atoms with Crippen LogP contribution in [0.1, 0.15) is 17.9 Å². The van der Waals surface area contributed by atoms with E-state index in [2.05, 4.69) is 54.4 Å². The number of rotatable bonds is 4. The molecule has 1 fully saturated rings. The minimum atomic E-state index is 0.0947. The molecule has 100 valence electrons. The summed E-state index contributed by atoms with van der Waals surface area (Å²) in [5.41, 5.74) is 1.30. The second-order valence-corrected chi connectivity index (χ2v) is 5.87. The van der Waals surface area contributed by atoms with E-state index in [1.165, 1.54) is 5.56 Å². The molecule has 4 atom stereocenters. The monoisotopic (exact) mass is 273 g/mol. The van der Waals surface area contributed by atoms with Gasteiger partial charge in [-0.1, -0.05) is 42.5 Å². The van der Waals surface area contributed by atoms with Crippen molar-refractivity contribution in [3.63, 3.8) is 0 Å². The van der Waals surface area contributed by atoms with Gasteiger partial charge >= 0.3 is 0 Å². The zero-order valence-electron chi connectivity index (χ0n) is 10.8. The fraction of sp³-hybridized carbons (Fsp3) is 0.438. The first-order valence-corrected chi connectivity index (χ1v) is 7.56. The van der Waals surface area contributed by atoms with Crippen molar-refractivity contribution in [1.82, 2.24) is 5.32 Å². The molecule has 2 bridgehead atoms. The fourth-order valence-corrected chi connectivity index (χ4v) is 3.72. The zero-order valence-corrected chi connectivity index (χ0v) is 11.7. The molecule has 0 saturated heterocycles. The van der Waals surface area contributed by atoms with Gasteiger partial charge in [-0.15, -0.1) is 0 Å². The first-order valence-electron chi connectivity index (χ1n) is 6.93. The van der Waals surface area contributed by atoms with Crippen LogP contribution in [0.2, 0.25) is 0 Å². The Morgan fingerprint density at radius 1 is 1.21 bits per heavy atom. The van der Waals surface area contributed by atoms with Gasteiger partial charge in [-0.2, -0.15) is 12.6 Å². The average molecular weight is 273 g/mol. The summed E-state index contributed by atoms with van der Waals surface area (Å²) in [7, 11) is 0. The molecule has 0 heterocycles. The van der Waals surface area contributed by atoms with Crippen molar-refractivity contribution < 1.29 is 4.79 Å². The van der Waals surface area contributed by atoms with E-state index in [4.69, 9.17) is 0 Å². The fourth-order valence-electron chi connectivity index (χ4n) is 3.61. The smallest absolute Gasteiger partial charge is 0.224 e. The molecule has 2 nitrogen and oxygen atoms in total. The predicted octanol–water partition coefficient (Wildman–Crippen LogP) is 2.64. The highest BCUT2D eigenvalue weighted by Gasteiger charge is 2.48. The van der Waals surface area contributed by atoms with Gasteiger partial charge in [-0.3, -0.25) is 4.79 Å². The summed E-state index contributed by atoms with van der Waals surface area (Å²) < 4.78 is 0. The van der Waals surface area contributed by atoms with E-state index in [1.54, 1.807) is 0 Å². The van der Waals surface area contributed by atoms with Crippen LogP contribution < -0.4 is 5.32 Å². The van der Waals surface area contributed by atoms with Crippen molar-refractivity contribution in [3.05, 3.63) is 48.0 Å². The number of thiol groups is 1. The van der Waals surface area contributed by atoms with E-state index < -0.39 is 0 Å². The Bertz CT molecular complexity index is 485. The molecular weight excluding hydrogens is 254 g/mol. The number of nitrogens with one attached hydrogen (secondary N) is 1. The van der Waals surface area contributed by atoms with Crippen LogP contribution in [0.15, 0.2) is 42.5 Å². The normalized spacial score (nSPS) is 31.6. The van der Waals surface area contributed by atoms with Crippen molar-refractivity contribution in [2.75, 3.05) is 12.3 Å². The summed E-state index contributed by atoms with van der Waals surface area (Å²) in [5, 5.41) is 3.01. The van der Waals surface area contributed by atoms with Crippen LogP contribution in [-0.4, -0.2) is 18.2 Å². The second-order valence-electron chi connectivity index (χ2n) is 5.43. The van der Waals surface area contributed by atoms with E-state index in [0.717, 1.165) is 6.42 Å². The van der Waals surface area contributed by atoms with Gasteiger partial charge in [-0.05, 0) is 23.8 Å². The van der Waals surface area contributed by atoms with Crippen molar-refractivity contribution in [1.29, 1.82) is 0 Å². The lowest BCUT2D eigenvalue weighted by Gasteiger charge is -2.27. The quantitative estimate of drug-likeness (QED) is 0.641. The zero-order chi connectivity index (χ0) is 13.2. The van der Waals surface area contributed by atoms with Gasteiger partial charge in [0.25, 0.3) is 0 Å². The molecule has 1 N–H and O–H groups in total. The Morgan fingerprint density at radius 3 is 2.68 bits per heavy atom. The molecule has 2 aliphatic carbocycles. The molecule has 4 unspecified atom stereocenters. The second kappa shape index (κ2) is 5.41. The van der Waals surface area contributed by atoms with E-state index in [-0.39, 0.29) is 11.8 Å². The maximum Gasteiger partial charge on any atom is 0.224 e. The van der Waals surface area contributed by atoms with Crippen LogP contribution in [0.3, 0.4) is 0 Å². The van der Waals surface area contributed by atoms with Crippen molar-refractivity contribution >= 4 is 18.5 Å². The molecule has 0 radical (unpaired) electrons. The summed E-state index contributed by atoms with van der Waals surface area (Å²) in [4.78, 5) is 12.4. The molecule has 2 aliphatic rings.